The summed E-state index contributed by atoms with van der Waals surface area (Å²) in [6.45, 7) is 8.92. The van der Waals surface area contributed by atoms with Gasteiger partial charge in [0.2, 0.25) is 0 Å². The second-order valence-corrected chi connectivity index (χ2v) is 12.6. The van der Waals surface area contributed by atoms with Crippen molar-refractivity contribution in [2.24, 2.45) is 11.3 Å². The van der Waals surface area contributed by atoms with Crippen molar-refractivity contribution in [1.82, 2.24) is 0 Å². The number of unbranched alkanes of at least 4 members (excludes halogenated alkanes) is 23. The van der Waals surface area contributed by atoms with Crippen LogP contribution in [-0.4, -0.2) is 11.1 Å². The van der Waals surface area contributed by atoms with Gasteiger partial charge in [-0.3, -0.25) is 4.79 Å². The Morgan fingerprint density at radius 2 is 0.816 bits per heavy atom. The quantitative estimate of drug-likeness (QED) is 0.0894. The summed E-state index contributed by atoms with van der Waals surface area (Å²) in [5, 5.41) is 10.3. The van der Waals surface area contributed by atoms with Crippen LogP contribution in [-0.2, 0) is 4.79 Å². The van der Waals surface area contributed by atoms with Crippen LogP contribution in [0.2, 0.25) is 0 Å². The lowest BCUT2D eigenvalue weighted by Gasteiger charge is -2.36. The third-order valence-electron chi connectivity index (χ3n) is 9.46. The number of hydrogen-bond acceptors (Lipinski definition) is 1. The van der Waals surface area contributed by atoms with E-state index in [1.165, 1.54) is 154 Å². The molecular weight excluding hydrogens is 464 g/mol. The minimum absolute atomic E-state index is 0.338. The molecule has 2 unspecified atom stereocenters. The number of carboxylic acid groups (broad SMARTS) is 1. The van der Waals surface area contributed by atoms with Gasteiger partial charge < -0.3 is 5.11 Å². The van der Waals surface area contributed by atoms with Crippen LogP contribution in [0.5, 0.6) is 0 Å². The molecule has 2 atom stereocenters. The first-order valence-electron chi connectivity index (χ1n) is 17.8. The molecule has 0 fully saturated rings. The molecule has 2 nitrogen and oxygen atoms in total. The van der Waals surface area contributed by atoms with Crippen molar-refractivity contribution in [2.75, 3.05) is 0 Å². The van der Waals surface area contributed by atoms with E-state index in [4.69, 9.17) is 0 Å². The predicted molar refractivity (Wildman–Crippen MR) is 170 cm³/mol. The molecule has 228 valence electrons. The highest BCUT2D eigenvalue weighted by atomic mass is 16.4. The number of aliphatic carboxylic acids is 1. The van der Waals surface area contributed by atoms with Crippen molar-refractivity contribution < 1.29 is 9.90 Å². The van der Waals surface area contributed by atoms with E-state index in [0.717, 1.165) is 32.1 Å². The first-order chi connectivity index (χ1) is 18.6. The lowest BCUT2D eigenvalue weighted by molar-refractivity contribution is -0.154. The Hall–Kier alpha value is -0.530. The number of rotatable bonds is 31. The lowest BCUT2D eigenvalue weighted by atomic mass is 9.67. The fraction of sp³-hybridized carbons (Fsp3) is 0.972. The number of hydrogen-bond donors (Lipinski definition) is 1. The SMILES string of the molecule is CCCCCCCCCCCCCCCC(CC)C(CC)(CCCCCCCCCCCCCC)C(=O)O. The molecule has 1 N–H and O–H groups in total. The van der Waals surface area contributed by atoms with E-state index in [-0.39, 0.29) is 0 Å². The Bertz CT molecular complexity index is 488. The molecule has 0 aromatic heterocycles. The molecule has 0 radical (unpaired) electrons. The van der Waals surface area contributed by atoms with E-state index in [0.29, 0.717) is 5.92 Å². The monoisotopic (exact) mass is 537 g/mol. The van der Waals surface area contributed by atoms with Gasteiger partial charge in [-0.25, -0.2) is 0 Å². The van der Waals surface area contributed by atoms with Crippen molar-refractivity contribution in [3.8, 4) is 0 Å². The van der Waals surface area contributed by atoms with E-state index in [2.05, 4.69) is 27.7 Å². The predicted octanol–water partition coefficient (Wildman–Crippen LogP) is 13.1. The van der Waals surface area contributed by atoms with E-state index in [1.807, 2.05) is 0 Å². The normalized spacial score (nSPS) is 14.0. The van der Waals surface area contributed by atoms with Gasteiger partial charge in [0, 0.05) is 0 Å². The molecule has 0 heterocycles. The molecule has 0 spiro atoms. The number of carbonyl (C=O) groups is 1. The molecule has 38 heavy (non-hydrogen) atoms. The van der Waals surface area contributed by atoms with E-state index in [9.17, 15) is 9.90 Å². The molecule has 0 rings (SSSR count). The van der Waals surface area contributed by atoms with Crippen LogP contribution in [0.25, 0.3) is 0 Å². The highest BCUT2D eigenvalue weighted by molar-refractivity contribution is 5.75. The Labute approximate surface area is 240 Å². The molecular formula is C36H72O2. The van der Waals surface area contributed by atoms with Gasteiger partial charge >= 0.3 is 5.97 Å². The van der Waals surface area contributed by atoms with Gasteiger partial charge in [-0.15, -0.1) is 0 Å². The first kappa shape index (κ1) is 37.5. The summed E-state index contributed by atoms with van der Waals surface area (Å²) in [4.78, 5) is 12.5. The topological polar surface area (TPSA) is 37.3 Å². The smallest absolute Gasteiger partial charge is 0.309 e. The third kappa shape index (κ3) is 19.5. The molecule has 0 aromatic carbocycles. The summed E-state index contributed by atoms with van der Waals surface area (Å²) in [6, 6.07) is 0. The minimum Gasteiger partial charge on any atom is -0.481 e. The molecule has 0 bridgehead atoms. The Balaban J connectivity index is 4.03. The summed E-state index contributed by atoms with van der Waals surface area (Å²) in [5.41, 5.74) is -0.496. The molecule has 0 saturated heterocycles. The Kier molecular flexibility index (Phi) is 27.6. The van der Waals surface area contributed by atoms with Crippen molar-refractivity contribution in [1.29, 1.82) is 0 Å². The Morgan fingerprint density at radius 3 is 1.11 bits per heavy atom. The largest absolute Gasteiger partial charge is 0.481 e. The number of carboxylic acids is 1. The molecule has 0 aliphatic rings. The van der Waals surface area contributed by atoms with Crippen LogP contribution in [0, 0.1) is 11.3 Å². The van der Waals surface area contributed by atoms with E-state index < -0.39 is 11.4 Å². The van der Waals surface area contributed by atoms with Gasteiger partial charge in [-0.2, -0.15) is 0 Å². The molecule has 0 saturated carbocycles. The fourth-order valence-corrected chi connectivity index (χ4v) is 6.66. The molecule has 0 aliphatic heterocycles. The zero-order valence-electron chi connectivity index (χ0n) is 26.9. The zero-order valence-corrected chi connectivity index (χ0v) is 26.9. The van der Waals surface area contributed by atoms with Crippen molar-refractivity contribution in [3.05, 3.63) is 0 Å². The van der Waals surface area contributed by atoms with E-state index >= 15 is 0 Å². The van der Waals surface area contributed by atoms with Crippen LogP contribution in [0.1, 0.15) is 214 Å². The summed E-state index contributed by atoms with van der Waals surface area (Å²) in [5.74, 6) is -0.185. The highest BCUT2D eigenvalue weighted by Crippen LogP contribution is 2.42. The Morgan fingerprint density at radius 1 is 0.500 bits per heavy atom. The van der Waals surface area contributed by atoms with Gasteiger partial charge in [0.1, 0.15) is 0 Å². The van der Waals surface area contributed by atoms with Crippen LogP contribution in [0.3, 0.4) is 0 Å². The van der Waals surface area contributed by atoms with E-state index in [1.54, 1.807) is 0 Å². The van der Waals surface area contributed by atoms with Crippen LogP contribution < -0.4 is 0 Å². The van der Waals surface area contributed by atoms with Gasteiger partial charge in [-0.05, 0) is 25.2 Å². The average molecular weight is 537 g/mol. The average Bonchev–Trinajstić information content (AvgIpc) is 2.92. The maximum absolute atomic E-state index is 12.5. The van der Waals surface area contributed by atoms with Gasteiger partial charge in [-0.1, -0.05) is 195 Å². The van der Waals surface area contributed by atoms with Crippen LogP contribution in [0.15, 0.2) is 0 Å². The van der Waals surface area contributed by atoms with Crippen LogP contribution >= 0.6 is 0 Å². The van der Waals surface area contributed by atoms with Gasteiger partial charge in [0.25, 0.3) is 0 Å². The van der Waals surface area contributed by atoms with Crippen LogP contribution in [0.4, 0.5) is 0 Å². The second kappa shape index (κ2) is 28.0. The molecule has 0 aromatic rings. The summed E-state index contributed by atoms with van der Waals surface area (Å²) in [6.07, 6.45) is 37.7. The maximum Gasteiger partial charge on any atom is 0.309 e. The standard InChI is InChI=1S/C36H72O2/c1-5-9-11-13-15-17-19-21-22-24-26-28-30-32-34(7-3)36(8-4,35(37)38)33-31-29-27-25-23-20-18-16-14-12-10-6-2/h34H,5-33H2,1-4H3,(H,37,38). The lowest BCUT2D eigenvalue weighted by Crippen LogP contribution is -2.38. The summed E-state index contributed by atoms with van der Waals surface area (Å²) < 4.78 is 0. The molecule has 0 aliphatic carbocycles. The van der Waals surface area contributed by atoms with Gasteiger partial charge in [0.05, 0.1) is 5.41 Å². The minimum atomic E-state index is -0.524. The maximum atomic E-state index is 12.5. The summed E-state index contributed by atoms with van der Waals surface area (Å²) in [7, 11) is 0. The molecule has 0 amide bonds. The second-order valence-electron chi connectivity index (χ2n) is 12.6. The first-order valence-corrected chi connectivity index (χ1v) is 17.8. The zero-order chi connectivity index (χ0) is 28.2. The van der Waals surface area contributed by atoms with Crippen molar-refractivity contribution in [2.45, 2.75) is 214 Å². The molecule has 2 heteroatoms. The van der Waals surface area contributed by atoms with Crippen molar-refractivity contribution in [3.63, 3.8) is 0 Å². The highest BCUT2D eigenvalue weighted by Gasteiger charge is 2.42. The fourth-order valence-electron chi connectivity index (χ4n) is 6.66. The summed E-state index contributed by atoms with van der Waals surface area (Å²) >= 11 is 0. The van der Waals surface area contributed by atoms with Crippen molar-refractivity contribution >= 4 is 5.97 Å². The third-order valence-corrected chi connectivity index (χ3v) is 9.46. The van der Waals surface area contributed by atoms with Gasteiger partial charge in [0.15, 0.2) is 0 Å².